The van der Waals surface area contributed by atoms with Crippen LogP contribution in [0.15, 0.2) is 52.2 Å². The van der Waals surface area contributed by atoms with E-state index in [1.54, 1.807) is 34.6 Å². The number of rotatable bonds is 3. The van der Waals surface area contributed by atoms with Gasteiger partial charge in [0.25, 0.3) is 5.91 Å². The van der Waals surface area contributed by atoms with Gasteiger partial charge in [-0.05, 0) is 37.0 Å². The average Bonchev–Trinajstić information content (AvgIpc) is 3.26. The van der Waals surface area contributed by atoms with Crippen molar-refractivity contribution in [3.63, 3.8) is 0 Å². The molecule has 0 unspecified atom stereocenters. The normalized spacial score (nSPS) is 21.0. The van der Waals surface area contributed by atoms with Gasteiger partial charge in [0.2, 0.25) is 10.0 Å². The second-order valence-electron chi connectivity index (χ2n) is 8.73. The molecule has 1 fully saturated rings. The minimum atomic E-state index is -3.66. The lowest BCUT2D eigenvalue weighted by atomic mass is 9.78. The van der Waals surface area contributed by atoms with E-state index in [0.717, 1.165) is 0 Å². The predicted molar refractivity (Wildman–Crippen MR) is 112 cm³/mol. The molecule has 0 radical (unpaired) electrons. The molecule has 2 aliphatic heterocycles. The molecule has 0 saturated carbocycles. The molecule has 8 heteroatoms. The number of hydrogen-bond acceptors (Lipinski definition) is 5. The number of hydrogen-bond donors (Lipinski definition) is 0. The number of furan rings is 1. The Bertz CT molecular complexity index is 992. The van der Waals surface area contributed by atoms with Crippen LogP contribution in [0.5, 0.6) is 5.75 Å². The summed E-state index contributed by atoms with van der Waals surface area (Å²) in [7, 11) is -3.66. The first-order valence-corrected chi connectivity index (χ1v) is 11.8. The van der Waals surface area contributed by atoms with Gasteiger partial charge in [-0.15, -0.1) is 0 Å². The lowest BCUT2D eigenvalue weighted by Gasteiger charge is -2.45. The number of likely N-dealkylation sites (tertiary alicyclic amines) is 1. The molecule has 1 saturated heterocycles. The molecule has 0 bridgehead atoms. The maximum absolute atomic E-state index is 13.4. The van der Waals surface area contributed by atoms with Gasteiger partial charge < -0.3 is 14.1 Å². The summed E-state index contributed by atoms with van der Waals surface area (Å²) < 4.78 is 39.6. The van der Waals surface area contributed by atoms with Crippen molar-refractivity contribution in [2.75, 3.05) is 32.8 Å². The van der Waals surface area contributed by atoms with Crippen molar-refractivity contribution in [2.24, 2.45) is 11.3 Å². The van der Waals surface area contributed by atoms with Crippen LogP contribution < -0.4 is 4.74 Å². The molecule has 1 aromatic heterocycles. The van der Waals surface area contributed by atoms with Gasteiger partial charge in [0.1, 0.15) is 16.9 Å². The van der Waals surface area contributed by atoms with Crippen molar-refractivity contribution in [1.82, 2.24) is 9.21 Å². The number of benzene rings is 1. The number of carbonyl (C=O) groups excluding carboxylic acids is 1. The molecule has 0 atom stereocenters. The van der Waals surface area contributed by atoms with Crippen molar-refractivity contribution < 1.29 is 22.4 Å². The van der Waals surface area contributed by atoms with Gasteiger partial charge in [0.05, 0.1) is 18.4 Å². The molecule has 2 aliphatic rings. The minimum Gasteiger partial charge on any atom is -0.492 e. The van der Waals surface area contributed by atoms with Crippen LogP contribution in [0.2, 0.25) is 0 Å². The Kier molecular flexibility index (Phi) is 5.63. The molecule has 1 spiro atoms. The quantitative estimate of drug-likeness (QED) is 0.744. The van der Waals surface area contributed by atoms with Crippen LogP contribution >= 0.6 is 0 Å². The highest BCUT2D eigenvalue weighted by atomic mass is 32.2. The van der Waals surface area contributed by atoms with Crippen LogP contribution in [0.4, 0.5) is 0 Å². The van der Waals surface area contributed by atoms with E-state index in [1.165, 1.54) is 12.5 Å². The highest BCUT2D eigenvalue weighted by Crippen LogP contribution is 2.39. The third-order valence-electron chi connectivity index (χ3n) is 5.96. The lowest BCUT2D eigenvalue weighted by Crippen LogP contribution is -2.53. The van der Waals surface area contributed by atoms with Crippen LogP contribution in [0.25, 0.3) is 0 Å². The van der Waals surface area contributed by atoms with Crippen LogP contribution in [-0.2, 0) is 10.0 Å². The summed E-state index contributed by atoms with van der Waals surface area (Å²) in [4.78, 5) is 14.7. The number of piperidine rings is 1. The van der Waals surface area contributed by atoms with Crippen LogP contribution in [0, 0.1) is 11.3 Å². The van der Waals surface area contributed by atoms with Gasteiger partial charge in [-0.25, -0.2) is 8.42 Å². The molecule has 30 heavy (non-hydrogen) atoms. The summed E-state index contributed by atoms with van der Waals surface area (Å²) in [5.74, 6) is 0.552. The molecular weight excluding hydrogens is 404 g/mol. The Morgan fingerprint density at radius 1 is 1.17 bits per heavy atom. The van der Waals surface area contributed by atoms with E-state index in [9.17, 15) is 13.2 Å². The second kappa shape index (κ2) is 8.07. The number of para-hydroxylation sites is 1. The Morgan fingerprint density at radius 3 is 2.57 bits per heavy atom. The first-order valence-electron chi connectivity index (χ1n) is 10.3. The third-order valence-corrected chi connectivity index (χ3v) is 7.81. The van der Waals surface area contributed by atoms with Gasteiger partial charge in [-0.2, -0.15) is 4.31 Å². The Hall–Kier alpha value is -2.32. The Labute approximate surface area is 177 Å². The molecule has 0 aliphatic carbocycles. The largest absolute Gasteiger partial charge is 0.492 e. The summed E-state index contributed by atoms with van der Waals surface area (Å²) in [6.45, 7) is 6.45. The number of sulfonamides is 1. The maximum Gasteiger partial charge on any atom is 0.257 e. The minimum absolute atomic E-state index is 0.0534. The molecule has 3 heterocycles. The van der Waals surface area contributed by atoms with E-state index < -0.39 is 10.0 Å². The number of ether oxygens (including phenoxy) is 1. The van der Waals surface area contributed by atoms with Gasteiger partial charge >= 0.3 is 0 Å². The van der Waals surface area contributed by atoms with E-state index in [0.29, 0.717) is 56.9 Å². The number of nitrogens with zero attached hydrogens (tertiary/aromatic N) is 2. The van der Waals surface area contributed by atoms with Crippen molar-refractivity contribution >= 4 is 15.9 Å². The topological polar surface area (TPSA) is 80.1 Å². The van der Waals surface area contributed by atoms with Crippen molar-refractivity contribution in [3.8, 4) is 5.75 Å². The highest BCUT2D eigenvalue weighted by molar-refractivity contribution is 7.89. The maximum atomic E-state index is 13.4. The van der Waals surface area contributed by atoms with E-state index in [1.807, 2.05) is 18.7 Å². The van der Waals surface area contributed by atoms with E-state index in [-0.39, 0.29) is 22.1 Å². The first-order chi connectivity index (χ1) is 14.3. The molecule has 2 aromatic rings. The third kappa shape index (κ3) is 3.98. The summed E-state index contributed by atoms with van der Waals surface area (Å²) >= 11 is 0. The fourth-order valence-electron chi connectivity index (χ4n) is 4.28. The first kappa shape index (κ1) is 20.9. The fraction of sp³-hybridized carbons (Fsp3) is 0.500. The fourth-order valence-corrected chi connectivity index (χ4v) is 6.13. The van der Waals surface area contributed by atoms with Gasteiger partial charge in [0, 0.05) is 31.6 Å². The van der Waals surface area contributed by atoms with Crippen molar-refractivity contribution in [2.45, 2.75) is 31.6 Å². The van der Waals surface area contributed by atoms with Gasteiger partial charge in [-0.3, -0.25) is 4.79 Å². The number of amides is 1. The van der Waals surface area contributed by atoms with Gasteiger partial charge in [0.15, 0.2) is 0 Å². The molecular formula is C22H28N2O5S. The second-order valence-corrected chi connectivity index (χ2v) is 10.6. The van der Waals surface area contributed by atoms with Crippen molar-refractivity contribution in [1.29, 1.82) is 0 Å². The number of fused-ring (bicyclic) bond motifs is 1. The summed E-state index contributed by atoms with van der Waals surface area (Å²) in [5, 5.41) is 0. The van der Waals surface area contributed by atoms with E-state index in [4.69, 9.17) is 9.15 Å². The van der Waals surface area contributed by atoms with Crippen LogP contribution in [-0.4, -0.2) is 56.3 Å². The van der Waals surface area contributed by atoms with Crippen LogP contribution in [0.1, 0.15) is 37.0 Å². The van der Waals surface area contributed by atoms with Crippen LogP contribution in [0.3, 0.4) is 0 Å². The van der Waals surface area contributed by atoms with E-state index in [2.05, 4.69) is 0 Å². The monoisotopic (exact) mass is 432 g/mol. The predicted octanol–water partition coefficient (Wildman–Crippen LogP) is 3.24. The summed E-state index contributed by atoms with van der Waals surface area (Å²) in [6.07, 6.45) is 4.32. The SMILES string of the molecule is CC(C)CN1CC2(CCN(C(=O)c3ccoc3)CC2)COc2ccccc2S1(=O)=O. The van der Waals surface area contributed by atoms with E-state index >= 15 is 0 Å². The molecule has 1 amide bonds. The summed E-state index contributed by atoms with van der Waals surface area (Å²) in [5.41, 5.74) is 0.209. The highest BCUT2D eigenvalue weighted by Gasteiger charge is 2.43. The Balaban J connectivity index is 1.60. The average molecular weight is 433 g/mol. The zero-order chi connectivity index (χ0) is 21.4. The zero-order valence-corrected chi connectivity index (χ0v) is 18.2. The molecule has 4 rings (SSSR count). The Morgan fingerprint density at radius 2 is 1.90 bits per heavy atom. The van der Waals surface area contributed by atoms with Crippen molar-refractivity contribution in [3.05, 3.63) is 48.4 Å². The summed E-state index contributed by atoms with van der Waals surface area (Å²) in [6, 6.07) is 8.52. The zero-order valence-electron chi connectivity index (χ0n) is 17.4. The number of carbonyl (C=O) groups is 1. The molecule has 1 aromatic carbocycles. The standard InChI is InChI=1S/C22H28N2O5S/c1-17(2)13-24-15-22(16-29-19-5-3-4-6-20(19)30(24,26)27)8-10-23(11-9-22)21(25)18-7-12-28-14-18/h3-7,12,14,17H,8-11,13,15-16H2,1-2H3. The molecule has 162 valence electrons. The molecule has 0 N–H and O–H groups in total. The lowest BCUT2D eigenvalue weighted by molar-refractivity contribution is 0.0290. The molecule has 7 nitrogen and oxygen atoms in total. The van der Waals surface area contributed by atoms with Gasteiger partial charge in [-0.1, -0.05) is 26.0 Å². The smallest absolute Gasteiger partial charge is 0.257 e.